The minimum absolute atomic E-state index is 0.166. The van der Waals surface area contributed by atoms with Gasteiger partial charge < -0.3 is 10.6 Å². The smallest absolute Gasteiger partial charge is 0.230 e. The predicted molar refractivity (Wildman–Crippen MR) is 87.1 cm³/mol. The molecule has 0 atom stereocenters. The predicted octanol–water partition coefficient (Wildman–Crippen LogP) is 2.65. The van der Waals surface area contributed by atoms with E-state index in [0.717, 1.165) is 29.8 Å². The van der Waals surface area contributed by atoms with Gasteiger partial charge in [0.25, 0.3) is 0 Å². The Balaban J connectivity index is 1.56. The van der Waals surface area contributed by atoms with E-state index < -0.39 is 0 Å². The summed E-state index contributed by atoms with van der Waals surface area (Å²) in [5.74, 6) is 0.762. The summed E-state index contributed by atoms with van der Waals surface area (Å²) in [6.07, 6.45) is 3.28. The molecule has 1 aliphatic rings. The molecule has 19 heavy (non-hydrogen) atoms. The first-order valence-corrected chi connectivity index (χ1v) is 9.23. The highest BCUT2D eigenvalue weighted by molar-refractivity contribution is 9.11. The summed E-state index contributed by atoms with van der Waals surface area (Å²) in [7, 11) is 0. The Morgan fingerprint density at radius 1 is 1.47 bits per heavy atom. The van der Waals surface area contributed by atoms with Gasteiger partial charge in [0.15, 0.2) is 0 Å². The van der Waals surface area contributed by atoms with Crippen LogP contribution in [0.2, 0.25) is 0 Å². The molecule has 1 aromatic rings. The van der Waals surface area contributed by atoms with Crippen LogP contribution in [0.1, 0.15) is 17.7 Å². The Morgan fingerprint density at radius 2 is 2.26 bits per heavy atom. The van der Waals surface area contributed by atoms with Crippen LogP contribution in [-0.2, 0) is 11.2 Å². The second-order valence-corrected chi connectivity index (χ2v) is 8.40. The molecular formula is C13H19BrN2OS2. The third-order valence-corrected chi connectivity index (χ3v) is 6.11. The molecule has 1 aliphatic heterocycles. The molecule has 0 unspecified atom stereocenters. The number of amides is 1. The van der Waals surface area contributed by atoms with Gasteiger partial charge in [-0.15, -0.1) is 23.1 Å². The van der Waals surface area contributed by atoms with Crippen LogP contribution in [-0.4, -0.2) is 36.5 Å². The molecule has 0 saturated carbocycles. The maximum absolute atomic E-state index is 11.7. The first-order chi connectivity index (χ1) is 9.24. The van der Waals surface area contributed by atoms with Crippen LogP contribution in [0.15, 0.2) is 15.9 Å². The van der Waals surface area contributed by atoms with Gasteiger partial charge in [-0.25, -0.2) is 0 Å². The van der Waals surface area contributed by atoms with Crippen LogP contribution in [0.5, 0.6) is 0 Å². The van der Waals surface area contributed by atoms with Crippen LogP contribution < -0.4 is 10.6 Å². The normalized spacial score (nSPS) is 16.5. The number of carbonyl (C=O) groups excluding carboxylic acids is 1. The van der Waals surface area contributed by atoms with E-state index in [0.29, 0.717) is 11.0 Å². The van der Waals surface area contributed by atoms with Crippen molar-refractivity contribution in [2.24, 2.45) is 0 Å². The van der Waals surface area contributed by atoms with E-state index in [1.807, 2.05) is 0 Å². The van der Waals surface area contributed by atoms with Gasteiger partial charge in [0.05, 0.1) is 9.54 Å². The Bertz CT molecular complexity index is 405. The zero-order chi connectivity index (χ0) is 13.5. The lowest BCUT2D eigenvalue weighted by Crippen LogP contribution is -2.32. The highest BCUT2D eigenvalue weighted by atomic mass is 79.9. The SMILES string of the molecule is O=C(CSC1CCNCC1)NCCc1ccc(Br)s1. The van der Waals surface area contributed by atoms with Crippen molar-refractivity contribution in [1.82, 2.24) is 10.6 Å². The van der Waals surface area contributed by atoms with Crippen molar-refractivity contribution in [3.8, 4) is 0 Å². The topological polar surface area (TPSA) is 41.1 Å². The van der Waals surface area contributed by atoms with Crippen molar-refractivity contribution < 1.29 is 4.79 Å². The lowest BCUT2D eigenvalue weighted by molar-refractivity contribution is -0.118. The number of nitrogens with one attached hydrogen (secondary N) is 2. The third kappa shape index (κ3) is 5.85. The molecule has 106 valence electrons. The van der Waals surface area contributed by atoms with Crippen LogP contribution in [0.25, 0.3) is 0 Å². The first kappa shape index (κ1) is 15.4. The third-order valence-electron chi connectivity index (χ3n) is 3.06. The summed E-state index contributed by atoms with van der Waals surface area (Å²) < 4.78 is 1.15. The molecule has 6 heteroatoms. The summed E-state index contributed by atoms with van der Waals surface area (Å²) in [5.41, 5.74) is 0. The Kier molecular flexibility index (Phi) is 6.70. The Hall–Kier alpha value is -0.0400. The Labute approximate surface area is 131 Å². The van der Waals surface area contributed by atoms with Crippen LogP contribution in [0, 0.1) is 0 Å². The summed E-state index contributed by atoms with van der Waals surface area (Å²) >= 11 is 6.97. The van der Waals surface area contributed by atoms with Crippen molar-refractivity contribution in [2.45, 2.75) is 24.5 Å². The molecule has 3 nitrogen and oxygen atoms in total. The molecule has 2 heterocycles. The zero-order valence-electron chi connectivity index (χ0n) is 10.8. The van der Waals surface area contributed by atoms with Gasteiger partial charge in [-0.2, -0.15) is 0 Å². The minimum Gasteiger partial charge on any atom is -0.355 e. The summed E-state index contributed by atoms with van der Waals surface area (Å²) in [4.78, 5) is 13.0. The fourth-order valence-electron chi connectivity index (χ4n) is 2.02. The highest BCUT2D eigenvalue weighted by Crippen LogP contribution is 2.22. The summed E-state index contributed by atoms with van der Waals surface area (Å²) in [6, 6.07) is 4.15. The molecule has 0 bridgehead atoms. The van der Waals surface area contributed by atoms with E-state index >= 15 is 0 Å². The molecular weight excluding hydrogens is 344 g/mol. The standard InChI is InChI=1S/C13H19BrN2OS2/c14-12-2-1-11(19-12)5-8-16-13(17)9-18-10-3-6-15-7-4-10/h1-2,10,15H,3-9H2,(H,16,17). The molecule has 2 N–H and O–H groups in total. The second-order valence-electron chi connectivity index (χ2n) is 4.57. The molecule has 1 saturated heterocycles. The number of hydrogen-bond donors (Lipinski definition) is 2. The molecule has 2 rings (SSSR count). The van der Waals surface area contributed by atoms with Crippen LogP contribution in [0.4, 0.5) is 0 Å². The quantitative estimate of drug-likeness (QED) is 0.817. The average Bonchev–Trinajstić information content (AvgIpc) is 2.83. The van der Waals surface area contributed by atoms with Crippen LogP contribution >= 0.6 is 39.0 Å². The van der Waals surface area contributed by atoms with Crippen molar-refractivity contribution >= 4 is 44.9 Å². The van der Waals surface area contributed by atoms with Gasteiger partial charge in [-0.3, -0.25) is 4.79 Å². The maximum atomic E-state index is 11.7. The average molecular weight is 363 g/mol. The van der Waals surface area contributed by atoms with E-state index in [1.54, 1.807) is 23.1 Å². The Morgan fingerprint density at radius 3 is 2.95 bits per heavy atom. The number of hydrogen-bond acceptors (Lipinski definition) is 4. The molecule has 1 aromatic heterocycles. The van der Waals surface area contributed by atoms with Gasteiger partial charge in [0.1, 0.15) is 0 Å². The van der Waals surface area contributed by atoms with Crippen molar-refractivity contribution in [2.75, 3.05) is 25.4 Å². The van der Waals surface area contributed by atoms with E-state index in [4.69, 9.17) is 0 Å². The largest absolute Gasteiger partial charge is 0.355 e. The maximum Gasteiger partial charge on any atom is 0.230 e. The number of piperidine rings is 1. The van der Waals surface area contributed by atoms with Gasteiger partial charge in [0, 0.05) is 16.7 Å². The second kappa shape index (κ2) is 8.29. The fraction of sp³-hybridized carbons (Fsp3) is 0.615. The van der Waals surface area contributed by atoms with Crippen molar-refractivity contribution in [3.63, 3.8) is 0 Å². The first-order valence-electron chi connectivity index (χ1n) is 6.57. The molecule has 0 aromatic carbocycles. The lowest BCUT2D eigenvalue weighted by Gasteiger charge is -2.21. The molecule has 1 amide bonds. The van der Waals surface area contributed by atoms with Crippen LogP contribution in [0.3, 0.4) is 0 Å². The van der Waals surface area contributed by atoms with Gasteiger partial charge in [0.2, 0.25) is 5.91 Å². The van der Waals surface area contributed by atoms with E-state index in [9.17, 15) is 4.79 Å². The number of thiophene rings is 1. The number of rotatable bonds is 6. The van der Waals surface area contributed by atoms with Crippen molar-refractivity contribution in [3.05, 3.63) is 20.8 Å². The number of halogens is 1. The molecule has 0 radical (unpaired) electrons. The van der Waals surface area contributed by atoms with E-state index in [1.165, 1.54) is 17.7 Å². The van der Waals surface area contributed by atoms with E-state index in [-0.39, 0.29) is 5.91 Å². The lowest BCUT2D eigenvalue weighted by atomic mass is 10.2. The number of thioether (sulfide) groups is 1. The van der Waals surface area contributed by atoms with Gasteiger partial charge in [-0.1, -0.05) is 0 Å². The minimum atomic E-state index is 0.166. The molecule has 0 aliphatic carbocycles. The number of carbonyl (C=O) groups is 1. The van der Waals surface area contributed by atoms with Gasteiger partial charge in [-0.05, 0) is 60.4 Å². The highest BCUT2D eigenvalue weighted by Gasteiger charge is 2.14. The zero-order valence-corrected chi connectivity index (χ0v) is 14.0. The summed E-state index contributed by atoms with van der Waals surface area (Å²) in [5, 5.41) is 6.99. The van der Waals surface area contributed by atoms with Crippen molar-refractivity contribution in [1.29, 1.82) is 0 Å². The van der Waals surface area contributed by atoms with Gasteiger partial charge >= 0.3 is 0 Å². The monoisotopic (exact) mass is 362 g/mol. The molecule has 0 spiro atoms. The molecule has 1 fully saturated rings. The fourth-order valence-corrected chi connectivity index (χ4v) is 4.56. The van der Waals surface area contributed by atoms with E-state index in [2.05, 4.69) is 38.7 Å². The summed E-state index contributed by atoms with van der Waals surface area (Å²) in [6.45, 7) is 2.91.